The lowest BCUT2D eigenvalue weighted by molar-refractivity contribution is 0.477. The highest BCUT2D eigenvalue weighted by Crippen LogP contribution is 2.31. The molecule has 19 heavy (non-hydrogen) atoms. The maximum absolute atomic E-state index is 13.5. The standard InChI is InChI=1S/C13H7ClF2N2O/c14-6-1-2-8(11(19)3-6)13-17-10-5-7(15)4-9(16)12(10)18-13/h1-5,19H,(H,17,18). The van der Waals surface area contributed by atoms with Crippen LogP contribution in [0.1, 0.15) is 0 Å². The van der Waals surface area contributed by atoms with E-state index in [9.17, 15) is 13.9 Å². The number of nitrogens with zero attached hydrogens (tertiary/aromatic N) is 1. The third-order valence-electron chi connectivity index (χ3n) is 2.72. The van der Waals surface area contributed by atoms with Crippen molar-refractivity contribution < 1.29 is 13.9 Å². The van der Waals surface area contributed by atoms with Gasteiger partial charge in [0.15, 0.2) is 5.82 Å². The predicted octanol–water partition coefficient (Wildman–Crippen LogP) is 3.87. The van der Waals surface area contributed by atoms with E-state index in [0.717, 1.165) is 12.1 Å². The first kappa shape index (κ1) is 11.9. The number of hydrogen-bond acceptors (Lipinski definition) is 2. The summed E-state index contributed by atoms with van der Waals surface area (Å²) in [4.78, 5) is 6.77. The highest BCUT2D eigenvalue weighted by Gasteiger charge is 2.13. The van der Waals surface area contributed by atoms with Crippen LogP contribution in [-0.2, 0) is 0 Å². The summed E-state index contributed by atoms with van der Waals surface area (Å²) in [6, 6.07) is 6.36. The maximum atomic E-state index is 13.5. The highest BCUT2D eigenvalue weighted by atomic mass is 35.5. The minimum atomic E-state index is -0.758. The van der Waals surface area contributed by atoms with Crippen LogP contribution in [0.4, 0.5) is 8.78 Å². The van der Waals surface area contributed by atoms with E-state index >= 15 is 0 Å². The largest absolute Gasteiger partial charge is 0.507 e. The van der Waals surface area contributed by atoms with Crippen molar-refractivity contribution in [2.75, 3.05) is 0 Å². The Morgan fingerprint density at radius 1 is 1.16 bits per heavy atom. The Morgan fingerprint density at radius 2 is 1.95 bits per heavy atom. The number of nitrogens with one attached hydrogen (secondary N) is 1. The van der Waals surface area contributed by atoms with E-state index in [1.54, 1.807) is 12.1 Å². The van der Waals surface area contributed by atoms with Crippen LogP contribution in [0.5, 0.6) is 5.75 Å². The number of aromatic amines is 1. The summed E-state index contributed by atoms with van der Waals surface area (Å²) in [5, 5.41) is 10.2. The van der Waals surface area contributed by atoms with Crippen LogP contribution in [0, 0.1) is 11.6 Å². The third kappa shape index (κ3) is 2.02. The molecule has 0 aliphatic heterocycles. The van der Waals surface area contributed by atoms with Crippen molar-refractivity contribution >= 4 is 22.6 Å². The van der Waals surface area contributed by atoms with Crippen LogP contribution in [0.2, 0.25) is 5.02 Å². The molecule has 96 valence electrons. The number of rotatable bonds is 1. The molecule has 0 atom stereocenters. The SMILES string of the molecule is Oc1cc(Cl)ccc1-c1nc2c(F)cc(F)cc2[nH]1. The molecular weight excluding hydrogens is 274 g/mol. The summed E-state index contributed by atoms with van der Waals surface area (Å²) in [6.07, 6.45) is 0. The van der Waals surface area contributed by atoms with Crippen molar-refractivity contribution in [2.24, 2.45) is 0 Å². The lowest BCUT2D eigenvalue weighted by Crippen LogP contribution is -1.82. The number of phenolic OH excluding ortho intramolecular Hbond substituents is 1. The Morgan fingerprint density at radius 3 is 2.68 bits per heavy atom. The fourth-order valence-corrected chi connectivity index (χ4v) is 2.04. The first-order chi connectivity index (χ1) is 9.04. The molecule has 1 heterocycles. The van der Waals surface area contributed by atoms with Gasteiger partial charge in [-0.1, -0.05) is 11.6 Å². The molecule has 0 aliphatic rings. The second kappa shape index (κ2) is 4.20. The van der Waals surface area contributed by atoms with Crippen LogP contribution in [0.15, 0.2) is 30.3 Å². The Kier molecular flexibility index (Phi) is 2.64. The second-order valence-corrected chi connectivity index (χ2v) is 4.47. The van der Waals surface area contributed by atoms with E-state index in [1.165, 1.54) is 6.07 Å². The lowest BCUT2D eigenvalue weighted by Gasteiger charge is -2.00. The number of H-pyrrole nitrogens is 1. The van der Waals surface area contributed by atoms with Gasteiger partial charge in [-0.25, -0.2) is 13.8 Å². The van der Waals surface area contributed by atoms with Crippen molar-refractivity contribution in [3.63, 3.8) is 0 Å². The molecule has 2 N–H and O–H groups in total. The number of aromatic nitrogens is 2. The maximum Gasteiger partial charge on any atom is 0.153 e. The van der Waals surface area contributed by atoms with E-state index in [0.29, 0.717) is 10.6 Å². The summed E-state index contributed by atoms with van der Waals surface area (Å²) in [6.45, 7) is 0. The van der Waals surface area contributed by atoms with Crippen molar-refractivity contribution in [3.8, 4) is 17.1 Å². The zero-order valence-corrected chi connectivity index (χ0v) is 10.2. The molecule has 3 nitrogen and oxygen atoms in total. The fraction of sp³-hybridized carbons (Fsp3) is 0. The first-order valence-corrected chi connectivity index (χ1v) is 5.76. The molecule has 0 bridgehead atoms. The van der Waals surface area contributed by atoms with E-state index in [1.807, 2.05) is 0 Å². The molecule has 2 aromatic carbocycles. The molecule has 0 saturated carbocycles. The second-order valence-electron chi connectivity index (χ2n) is 4.03. The predicted molar refractivity (Wildman–Crippen MR) is 68.1 cm³/mol. The number of aromatic hydroxyl groups is 1. The summed E-state index contributed by atoms with van der Waals surface area (Å²) < 4.78 is 26.6. The number of hydrogen-bond donors (Lipinski definition) is 2. The molecule has 3 aromatic rings. The van der Waals surface area contributed by atoms with Crippen molar-refractivity contribution in [1.82, 2.24) is 9.97 Å². The topological polar surface area (TPSA) is 48.9 Å². The van der Waals surface area contributed by atoms with Crippen LogP contribution in [-0.4, -0.2) is 15.1 Å². The van der Waals surface area contributed by atoms with Gasteiger partial charge in [0.1, 0.15) is 22.9 Å². The van der Waals surface area contributed by atoms with Gasteiger partial charge < -0.3 is 10.1 Å². The minimum Gasteiger partial charge on any atom is -0.507 e. The summed E-state index contributed by atoms with van der Waals surface area (Å²) in [5.41, 5.74) is 0.605. The van der Waals surface area contributed by atoms with Crippen molar-refractivity contribution in [2.45, 2.75) is 0 Å². The van der Waals surface area contributed by atoms with Gasteiger partial charge in [0.2, 0.25) is 0 Å². The quantitative estimate of drug-likeness (QED) is 0.711. The molecule has 0 spiro atoms. The Labute approximate surface area is 111 Å². The van der Waals surface area contributed by atoms with Crippen LogP contribution >= 0.6 is 11.6 Å². The lowest BCUT2D eigenvalue weighted by atomic mass is 10.2. The zero-order valence-electron chi connectivity index (χ0n) is 9.42. The monoisotopic (exact) mass is 280 g/mol. The van der Waals surface area contributed by atoms with Crippen molar-refractivity contribution in [1.29, 1.82) is 0 Å². The number of phenols is 1. The number of benzene rings is 2. The van der Waals surface area contributed by atoms with Crippen LogP contribution in [0.25, 0.3) is 22.4 Å². The van der Waals surface area contributed by atoms with Gasteiger partial charge in [0.05, 0.1) is 11.1 Å². The van der Waals surface area contributed by atoms with Gasteiger partial charge in [-0.2, -0.15) is 0 Å². The van der Waals surface area contributed by atoms with Gasteiger partial charge in [0.25, 0.3) is 0 Å². The smallest absolute Gasteiger partial charge is 0.153 e. The highest BCUT2D eigenvalue weighted by molar-refractivity contribution is 6.30. The Hall–Kier alpha value is -2.14. The molecule has 3 rings (SSSR count). The fourth-order valence-electron chi connectivity index (χ4n) is 1.87. The molecule has 0 radical (unpaired) electrons. The van der Waals surface area contributed by atoms with Gasteiger partial charge in [-0.05, 0) is 24.3 Å². The molecule has 1 aromatic heterocycles. The normalized spacial score (nSPS) is 11.1. The average Bonchev–Trinajstić information content (AvgIpc) is 2.72. The van der Waals surface area contributed by atoms with Gasteiger partial charge >= 0.3 is 0 Å². The number of halogens is 3. The summed E-state index contributed by atoms with van der Waals surface area (Å²) >= 11 is 5.73. The minimum absolute atomic E-state index is 0.0192. The van der Waals surface area contributed by atoms with Crippen LogP contribution in [0.3, 0.4) is 0 Å². The number of imidazole rings is 1. The van der Waals surface area contributed by atoms with Crippen molar-refractivity contribution in [3.05, 3.63) is 47.0 Å². The van der Waals surface area contributed by atoms with Gasteiger partial charge in [-0.3, -0.25) is 0 Å². The molecular formula is C13H7ClF2N2O. The Bertz CT molecular complexity index is 786. The average molecular weight is 281 g/mol. The Balaban J connectivity index is 2.23. The molecule has 0 aliphatic carbocycles. The third-order valence-corrected chi connectivity index (χ3v) is 2.95. The summed E-state index contributed by atoms with van der Waals surface area (Å²) in [5.74, 6) is -1.30. The van der Waals surface area contributed by atoms with E-state index in [4.69, 9.17) is 11.6 Å². The first-order valence-electron chi connectivity index (χ1n) is 5.38. The molecule has 0 saturated heterocycles. The van der Waals surface area contributed by atoms with E-state index in [-0.39, 0.29) is 22.6 Å². The van der Waals surface area contributed by atoms with Gasteiger partial charge in [-0.15, -0.1) is 0 Å². The number of fused-ring (bicyclic) bond motifs is 1. The van der Waals surface area contributed by atoms with E-state index in [2.05, 4.69) is 9.97 Å². The zero-order chi connectivity index (χ0) is 13.6. The molecule has 0 fully saturated rings. The molecule has 0 amide bonds. The molecule has 0 unspecified atom stereocenters. The molecule has 6 heteroatoms. The van der Waals surface area contributed by atoms with E-state index < -0.39 is 11.6 Å². The summed E-state index contributed by atoms with van der Waals surface area (Å²) in [7, 11) is 0. The van der Waals surface area contributed by atoms with Gasteiger partial charge in [0, 0.05) is 11.1 Å². The van der Waals surface area contributed by atoms with Crippen LogP contribution < -0.4 is 0 Å².